The van der Waals surface area contributed by atoms with Gasteiger partial charge >= 0.3 is 6.09 Å². The number of rotatable bonds is 12. The van der Waals surface area contributed by atoms with Gasteiger partial charge in [-0.15, -0.1) is 0 Å². The zero-order valence-electron chi connectivity index (χ0n) is 18.8. The minimum Gasteiger partial charge on any atom is -0.453 e. The lowest BCUT2D eigenvalue weighted by atomic mass is 9.73. The molecule has 0 spiro atoms. The summed E-state index contributed by atoms with van der Waals surface area (Å²) in [5.74, 6) is -1.48. The van der Waals surface area contributed by atoms with Crippen LogP contribution in [0.3, 0.4) is 0 Å². The van der Waals surface area contributed by atoms with Crippen molar-refractivity contribution in [2.45, 2.75) is 39.7 Å². The Morgan fingerprint density at radius 3 is 2.19 bits per heavy atom. The summed E-state index contributed by atoms with van der Waals surface area (Å²) in [6.07, 6.45) is -0.737. The van der Waals surface area contributed by atoms with Crippen LogP contribution in [-0.4, -0.2) is 69.8 Å². The summed E-state index contributed by atoms with van der Waals surface area (Å²) >= 11 is 0. The van der Waals surface area contributed by atoms with Gasteiger partial charge in [-0.1, -0.05) is 57.3 Å². The number of alkyl carbamates (subject to hydrolysis) is 1. The number of hydrogen-bond donors (Lipinski definition) is 4. The molecular formula is C21H32BN4O5. The summed E-state index contributed by atoms with van der Waals surface area (Å²) in [6, 6.07) is 5.26. The molecule has 1 aromatic carbocycles. The van der Waals surface area contributed by atoms with Crippen LogP contribution in [0.5, 0.6) is 0 Å². The van der Waals surface area contributed by atoms with Crippen molar-refractivity contribution in [2.75, 3.05) is 26.7 Å². The van der Waals surface area contributed by atoms with Gasteiger partial charge in [0.25, 0.3) is 0 Å². The van der Waals surface area contributed by atoms with Crippen LogP contribution < -0.4 is 26.7 Å². The first-order valence-electron chi connectivity index (χ1n) is 10.3. The Bertz CT molecular complexity index is 755. The van der Waals surface area contributed by atoms with Crippen molar-refractivity contribution in [3.8, 4) is 0 Å². The van der Waals surface area contributed by atoms with Crippen molar-refractivity contribution in [1.82, 2.24) is 21.3 Å². The van der Waals surface area contributed by atoms with E-state index in [4.69, 9.17) is 0 Å². The molecular weight excluding hydrogens is 399 g/mol. The Balaban J connectivity index is 2.77. The molecule has 9 nitrogen and oxygen atoms in total. The first kappa shape index (κ1) is 26.2. The van der Waals surface area contributed by atoms with E-state index in [0.717, 1.165) is 5.46 Å². The summed E-state index contributed by atoms with van der Waals surface area (Å²) in [5.41, 5.74) is 1.48. The molecule has 1 aromatic rings. The average molecular weight is 431 g/mol. The van der Waals surface area contributed by atoms with Crippen LogP contribution in [0.4, 0.5) is 4.79 Å². The third kappa shape index (κ3) is 8.79. The molecule has 4 N–H and O–H groups in total. The monoisotopic (exact) mass is 431 g/mol. The largest absolute Gasteiger partial charge is 0.453 e. The molecule has 0 unspecified atom stereocenters. The maximum absolute atomic E-state index is 12.7. The van der Waals surface area contributed by atoms with E-state index in [0.29, 0.717) is 12.1 Å². The minimum absolute atomic E-state index is 0.173. The molecule has 0 bridgehead atoms. The number of Topliss-reactive ketones (excluding diaryl/α,β-unsaturated/α-hetero) is 1. The van der Waals surface area contributed by atoms with E-state index in [9.17, 15) is 19.2 Å². The van der Waals surface area contributed by atoms with Crippen molar-refractivity contribution < 1.29 is 23.9 Å². The van der Waals surface area contributed by atoms with Crippen LogP contribution in [0.2, 0.25) is 6.82 Å². The van der Waals surface area contributed by atoms with Gasteiger partial charge in [-0.2, -0.15) is 0 Å². The number of benzene rings is 1. The standard InChI is InChI=1S/C21H32BN4O5/c1-6-23-11-16(25-20(29)18(13(2)3)26-21(30)31-5)19(28)24-12-17(27)14-7-9-15(22-4)10-8-14/h7-10,13,16,18,23H,6,11-12H2,1-5H3,(H,24,28)(H,25,29)(H,26,30)/t16-,18-/m0/s1. The van der Waals surface area contributed by atoms with Gasteiger partial charge in [0.05, 0.1) is 13.7 Å². The molecule has 0 saturated heterocycles. The van der Waals surface area contributed by atoms with Gasteiger partial charge in [0.15, 0.2) is 5.78 Å². The number of carbonyl (C=O) groups is 4. The Labute approximate surface area is 184 Å². The number of ether oxygens (including phenoxy) is 1. The molecule has 0 aliphatic carbocycles. The predicted molar refractivity (Wildman–Crippen MR) is 120 cm³/mol. The van der Waals surface area contributed by atoms with Gasteiger partial charge in [0, 0.05) is 12.1 Å². The number of amides is 3. The van der Waals surface area contributed by atoms with Crippen LogP contribution >= 0.6 is 0 Å². The molecule has 0 aliphatic rings. The lowest BCUT2D eigenvalue weighted by Crippen LogP contribution is -2.58. The fourth-order valence-corrected chi connectivity index (χ4v) is 2.73. The van der Waals surface area contributed by atoms with Gasteiger partial charge < -0.3 is 26.0 Å². The highest BCUT2D eigenvalue weighted by molar-refractivity contribution is 6.51. The highest BCUT2D eigenvalue weighted by Crippen LogP contribution is 2.03. The quantitative estimate of drug-likeness (QED) is 0.269. The summed E-state index contributed by atoms with van der Waals surface area (Å²) in [7, 11) is 3.13. The summed E-state index contributed by atoms with van der Waals surface area (Å²) < 4.78 is 4.56. The van der Waals surface area contributed by atoms with Crippen LogP contribution in [0.15, 0.2) is 24.3 Å². The Morgan fingerprint density at radius 2 is 1.68 bits per heavy atom. The van der Waals surface area contributed by atoms with E-state index in [-0.39, 0.29) is 24.8 Å². The molecule has 3 amide bonds. The van der Waals surface area contributed by atoms with Crippen molar-refractivity contribution in [2.24, 2.45) is 5.92 Å². The molecule has 0 aromatic heterocycles. The Morgan fingerprint density at radius 1 is 1.03 bits per heavy atom. The van der Waals surface area contributed by atoms with Gasteiger partial charge in [-0.25, -0.2) is 4.79 Å². The highest BCUT2D eigenvalue weighted by Gasteiger charge is 2.29. The zero-order valence-corrected chi connectivity index (χ0v) is 18.8. The fourth-order valence-electron chi connectivity index (χ4n) is 2.73. The number of methoxy groups -OCH3 is 1. The van der Waals surface area contributed by atoms with Crippen LogP contribution in [-0.2, 0) is 14.3 Å². The van der Waals surface area contributed by atoms with Gasteiger partial charge in [-0.3, -0.25) is 14.4 Å². The molecule has 31 heavy (non-hydrogen) atoms. The molecule has 1 rings (SSSR count). The molecule has 2 atom stereocenters. The van der Waals surface area contributed by atoms with Crippen molar-refractivity contribution in [3.05, 3.63) is 29.8 Å². The molecule has 0 fully saturated rings. The number of carbonyl (C=O) groups excluding carboxylic acids is 4. The normalized spacial score (nSPS) is 12.5. The minimum atomic E-state index is -0.919. The smallest absolute Gasteiger partial charge is 0.407 e. The summed E-state index contributed by atoms with van der Waals surface area (Å²) in [5, 5.41) is 10.7. The molecule has 0 saturated carbocycles. The molecule has 0 heterocycles. The van der Waals surface area contributed by atoms with E-state index in [2.05, 4.69) is 26.0 Å². The lowest BCUT2D eigenvalue weighted by molar-refractivity contribution is -0.130. The van der Waals surface area contributed by atoms with Crippen LogP contribution in [0, 0.1) is 5.92 Å². The second-order valence-electron chi connectivity index (χ2n) is 7.28. The van der Waals surface area contributed by atoms with Crippen LogP contribution in [0.25, 0.3) is 0 Å². The van der Waals surface area contributed by atoms with E-state index in [1.54, 1.807) is 26.0 Å². The highest BCUT2D eigenvalue weighted by atomic mass is 16.5. The fraction of sp³-hybridized carbons (Fsp3) is 0.524. The number of hydrogen-bond acceptors (Lipinski definition) is 6. The van der Waals surface area contributed by atoms with E-state index >= 15 is 0 Å². The Hall–Kier alpha value is -2.88. The zero-order chi connectivity index (χ0) is 23.4. The third-order valence-corrected chi connectivity index (χ3v) is 4.63. The van der Waals surface area contributed by atoms with Crippen molar-refractivity contribution in [3.63, 3.8) is 0 Å². The molecule has 1 radical (unpaired) electrons. The maximum Gasteiger partial charge on any atom is 0.407 e. The number of ketones is 1. The van der Waals surface area contributed by atoms with Gasteiger partial charge in [0.2, 0.25) is 11.8 Å². The summed E-state index contributed by atoms with van der Waals surface area (Å²) in [6.45, 7) is 7.87. The predicted octanol–water partition coefficient (Wildman–Crippen LogP) is -0.162. The molecule has 10 heteroatoms. The first-order chi connectivity index (χ1) is 14.7. The first-order valence-corrected chi connectivity index (χ1v) is 10.3. The van der Waals surface area contributed by atoms with E-state index in [1.165, 1.54) is 7.11 Å². The third-order valence-electron chi connectivity index (χ3n) is 4.63. The van der Waals surface area contributed by atoms with Crippen molar-refractivity contribution >= 4 is 36.4 Å². The van der Waals surface area contributed by atoms with E-state index in [1.807, 2.05) is 33.2 Å². The maximum atomic E-state index is 12.7. The second kappa shape index (κ2) is 13.4. The second-order valence-corrected chi connectivity index (χ2v) is 7.28. The SMILES string of the molecule is C[B]c1ccc(C(=O)CNC(=O)[C@H](CNCC)NC(=O)[C@@H](NC(=O)OC)C(C)C)cc1. The van der Waals surface area contributed by atoms with Gasteiger partial charge in [-0.05, 0) is 12.5 Å². The van der Waals surface area contributed by atoms with E-state index < -0.39 is 30.0 Å². The summed E-state index contributed by atoms with van der Waals surface area (Å²) in [4.78, 5) is 49.2. The van der Waals surface area contributed by atoms with Crippen molar-refractivity contribution in [1.29, 1.82) is 0 Å². The lowest BCUT2D eigenvalue weighted by Gasteiger charge is -2.25. The Kier molecular flexibility index (Phi) is 11.3. The van der Waals surface area contributed by atoms with Gasteiger partial charge in [0.1, 0.15) is 19.4 Å². The average Bonchev–Trinajstić information content (AvgIpc) is 2.77. The molecule has 169 valence electrons. The van der Waals surface area contributed by atoms with Crippen LogP contribution in [0.1, 0.15) is 31.1 Å². The number of nitrogens with one attached hydrogen (secondary N) is 4. The number of likely N-dealkylation sites (N-methyl/N-ethyl adjacent to an activating group) is 1. The molecule has 0 aliphatic heterocycles. The topological polar surface area (TPSA) is 126 Å².